The van der Waals surface area contributed by atoms with E-state index in [2.05, 4.69) is 31.0 Å². The molecule has 0 bridgehead atoms. The molecule has 0 aromatic carbocycles. The van der Waals surface area contributed by atoms with E-state index < -0.39 is 27.6 Å². The zero-order valence-electron chi connectivity index (χ0n) is 23.6. The highest BCUT2D eigenvalue weighted by Crippen LogP contribution is 2.48. The SMILES string of the molecule is Cc1nn(C)cc1S(=O)(=O)N1C(=O)c2ccc(-n3ccc(OCC(C)(C)C)n3)nc2N2C1[C@@H](C)CC2(C)C.S. The molecule has 39 heavy (non-hydrogen) atoms. The Bertz CT molecular complexity index is 1520. The molecular weight excluding hydrogens is 538 g/mol. The first-order valence-electron chi connectivity index (χ1n) is 12.7. The molecule has 1 fully saturated rings. The van der Waals surface area contributed by atoms with Gasteiger partial charge in [-0.15, -0.1) is 5.10 Å². The molecule has 3 aromatic heterocycles. The molecule has 5 rings (SSSR count). The highest BCUT2D eigenvalue weighted by atomic mass is 32.2. The molecule has 0 spiro atoms. The van der Waals surface area contributed by atoms with Gasteiger partial charge >= 0.3 is 0 Å². The molecule has 2 atom stereocenters. The number of aromatic nitrogens is 5. The van der Waals surface area contributed by atoms with Gasteiger partial charge in [-0.2, -0.15) is 18.6 Å². The molecule has 2 aliphatic rings. The van der Waals surface area contributed by atoms with Crippen molar-refractivity contribution in [3.05, 3.63) is 41.9 Å². The molecule has 0 aliphatic carbocycles. The van der Waals surface area contributed by atoms with Crippen molar-refractivity contribution in [2.45, 2.75) is 71.5 Å². The number of pyridine rings is 1. The van der Waals surface area contributed by atoms with Gasteiger partial charge in [-0.1, -0.05) is 27.7 Å². The minimum Gasteiger partial charge on any atom is -0.476 e. The molecule has 1 unspecified atom stereocenters. The van der Waals surface area contributed by atoms with Crippen molar-refractivity contribution in [3.8, 4) is 11.7 Å². The van der Waals surface area contributed by atoms with Crippen LogP contribution in [0.25, 0.3) is 5.82 Å². The highest BCUT2D eigenvalue weighted by molar-refractivity contribution is 7.89. The summed E-state index contributed by atoms with van der Waals surface area (Å²) < 4.78 is 37.8. The zero-order valence-corrected chi connectivity index (χ0v) is 25.4. The Morgan fingerprint density at radius 2 is 1.85 bits per heavy atom. The summed E-state index contributed by atoms with van der Waals surface area (Å²) in [7, 11) is -2.52. The van der Waals surface area contributed by atoms with Gasteiger partial charge in [-0.3, -0.25) is 9.48 Å². The molecule has 1 amide bonds. The predicted octanol–water partition coefficient (Wildman–Crippen LogP) is 3.64. The van der Waals surface area contributed by atoms with Crippen LogP contribution in [0.3, 0.4) is 0 Å². The minimum atomic E-state index is -4.18. The van der Waals surface area contributed by atoms with Crippen LogP contribution in [0.1, 0.15) is 64.0 Å². The molecule has 5 heterocycles. The maximum absolute atomic E-state index is 13.9. The number of anilines is 1. The first kappa shape index (κ1) is 28.9. The molecule has 13 heteroatoms. The van der Waals surface area contributed by atoms with Gasteiger partial charge < -0.3 is 9.64 Å². The maximum atomic E-state index is 13.9. The lowest BCUT2D eigenvalue weighted by Crippen LogP contribution is -2.60. The minimum absolute atomic E-state index is 0. The van der Waals surface area contributed by atoms with Crippen LogP contribution in [0.2, 0.25) is 0 Å². The second kappa shape index (κ2) is 9.54. The number of fused-ring (bicyclic) bond motifs is 3. The molecule has 212 valence electrons. The molecule has 11 nitrogen and oxygen atoms in total. The summed E-state index contributed by atoms with van der Waals surface area (Å²) in [4.78, 5) is 20.7. The van der Waals surface area contributed by atoms with E-state index in [1.54, 1.807) is 43.0 Å². The second-order valence-electron chi connectivity index (χ2n) is 12.1. The molecule has 0 radical (unpaired) electrons. The van der Waals surface area contributed by atoms with Crippen LogP contribution in [0, 0.1) is 18.3 Å². The number of sulfonamides is 1. The van der Waals surface area contributed by atoms with E-state index in [1.807, 2.05) is 25.7 Å². The second-order valence-corrected chi connectivity index (χ2v) is 13.9. The summed E-state index contributed by atoms with van der Waals surface area (Å²) in [6.07, 6.45) is 3.16. The number of ether oxygens (including phenoxy) is 1. The third kappa shape index (κ3) is 4.90. The molecule has 2 aliphatic heterocycles. The number of carbonyl (C=O) groups is 1. The van der Waals surface area contributed by atoms with E-state index in [4.69, 9.17) is 9.72 Å². The van der Waals surface area contributed by atoms with E-state index in [0.29, 0.717) is 36.2 Å². The summed E-state index contributed by atoms with van der Waals surface area (Å²) in [5.41, 5.74) is 0.114. The van der Waals surface area contributed by atoms with Gasteiger partial charge in [-0.25, -0.2) is 22.4 Å². The monoisotopic (exact) mass is 575 g/mol. The van der Waals surface area contributed by atoms with Gasteiger partial charge in [0.2, 0.25) is 5.88 Å². The number of hydrogen-bond acceptors (Lipinski definition) is 8. The summed E-state index contributed by atoms with van der Waals surface area (Å²) >= 11 is 0. The normalized spacial score (nSPS) is 20.5. The lowest BCUT2D eigenvalue weighted by Gasteiger charge is -2.45. The maximum Gasteiger partial charge on any atom is 0.273 e. The summed E-state index contributed by atoms with van der Waals surface area (Å²) in [6.45, 7) is 14.5. The van der Waals surface area contributed by atoms with E-state index in [1.165, 1.54) is 10.9 Å². The van der Waals surface area contributed by atoms with Gasteiger partial charge in [-0.05, 0) is 50.7 Å². The van der Waals surface area contributed by atoms with Crippen LogP contribution in [-0.2, 0) is 17.1 Å². The first-order valence-corrected chi connectivity index (χ1v) is 14.1. The third-order valence-corrected chi connectivity index (χ3v) is 8.82. The van der Waals surface area contributed by atoms with Crippen molar-refractivity contribution >= 4 is 35.2 Å². The largest absolute Gasteiger partial charge is 0.476 e. The van der Waals surface area contributed by atoms with Gasteiger partial charge in [0.15, 0.2) is 5.82 Å². The Hall–Kier alpha value is -3.06. The van der Waals surface area contributed by atoms with Crippen LogP contribution in [0.15, 0.2) is 35.5 Å². The van der Waals surface area contributed by atoms with Crippen molar-refractivity contribution in [3.63, 3.8) is 0 Å². The predicted molar refractivity (Wildman–Crippen MR) is 152 cm³/mol. The zero-order chi connectivity index (χ0) is 27.8. The van der Waals surface area contributed by atoms with Crippen LogP contribution in [0.4, 0.5) is 5.82 Å². The lowest BCUT2D eigenvalue weighted by atomic mass is 9.97. The van der Waals surface area contributed by atoms with Crippen LogP contribution in [-0.4, -0.2) is 61.5 Å². The van der Waals surface area contributed by atoms with Gasteiger partial charge in [0.1, 0.15) is 16.9 Å². The van der Waals surface area contributed by atoms with E-state index in [9.17, 15) is 13.2 Å². The number of nitrogens with zero attached hydrogens (tertiary/aromatic N) is 7. The quantitative estimate of drug-likeness (QED) is 0.453. The van der Waals surface area contributed by atoms with Crippen LogP contribution >= 0.6 is 13.5 Å². The summed E-state index contributed by atoms with van der Waals surface area (Å²) in [5.74, 6) is 0.723. The van der Waals surface area contributed by atoms with Crippen LogP contribution in [0.5, 0.6) is 5.88 Å². The van der Waals surface area contributed by atoms with E-state index >= 15 is 0 Å². The van der Waals surface area contributed by atoms with E-state index in [0.717, 1.165) is 4.31 Å². The lowest BCUT2D eigenvalue weighted by molar-refractivity contribution is 0.0784. The molecule has 0 N–H and O–H groups in total. The van der Waals surface area contributed by atoms with Crippen LogP contribution < -0.4 is 9.64 Å². The van der Waals surface area contributed by atoms with Gasteiger partial charge in [0, 0.05) is 31.0 Å². The fraction of sp³-hybridized carbons (Fsp3) is 0.538. The van der Waals surface area contributed by atoms with Crippen molar-refractivity contribution in [2.75, 3.05) is 11.5 Å². The number of carbonyl (C=O) groups excluding carboxylic acids is 1. The number of amides is 1. The van der Waals surface area contributed by atoms with Crippen molar-refractivity contribution in [1.29, 1.82) is 0 Å². The molecule has 1 saturated heterocycles. The molecular formula is C26H37N7O4S2. The Morgan fingerprint density at radius 1 is 1.15 bits per heavy atom. The standard InChI is InChI=1S/C26H35N7O4S.H2S/c1-16-13-26(6,7)32-22-18(9-10-20(27-22)31-12-11-21(29-31)37-15-25(3,4)5)24(34)33(23(16)32)38(35,36)19-14-30(8)28-17(19)2;/h9-12,14,16,23H,13,15H2,1-8H3;1H2/t16-,23?;/m0./s1. The Labute approximate surface area is 236 Å². The third-order valence-electron chi connectivity index (χ3n) is 6.96. The highest BCUT2D eigenvalue weighted by Gasteiger charge is 2.56. The van der Waals surface area contributed by atoms with Crippen molar-refractivity contribution in [2.24, 2.45) is 18.4 Å². The fourth-order valence-electron chi connectivity index (χ4n) is 5.50. The van der Waals surface area contributed by atoms with Crippen molar-refractivity contribution in [1.82, 2.24) is 28.9 Å². The topological polar surface area (TPSA) is 115 Å². The Morgan fingerprint density at radius 3 is 2.46 bits per heavy atom. The Balaban J connectivity index is 0.00000353. The number of hydrogen-bond donors (Lipinski definition) is 0. The summed E-state index contributed by atoms with van der Waals surface area (Å²) in [6, 6.07) is 5.07. The van der Waals surface area contributed by atoms with E-state index in [-0.39, 0.29) is 35.3 Å². The average Bonchev–Trinajstić information content (AvgIpc) is 3.47. The summed E-state index contributed by atoms with van der Waals surface area (Å²) in [5, 5.41) is 8.71. The number of aryl methyl sites for hydroxylation is 2. The van der Waals surface area contributed by atoms with Gasteiger partial charge in [0.05, 0.1) is 17.9 Å². The molecule has 0 saturated carbocycles. The fourth-order valence-corrected chi connectivity index (χ4v) is 7.31. The molecule has 3 aromatic rings. The van der Waals surface area contributed by atoms with Gasteiger partial charge in [0.25, 0.3) is 15.9 Å². The first-order chi connectivity index (χ1) is 17.6. The smallest absolute Gasteiger partial charge is 0.273 e. The Kier molecular flexibility index (Phi) is 7.08. The van der Waals surface area contributed by atoms with Crippen molar-refractivity contribution < 1.29 is 17.9 Å². The number of rotatable bonds is 5. The average molecular weight is 576 g/mol.